The van der Waals surface area contributed by atoms with E-state index in [-0.39, 0.29) is 5.91 Å². The number of primary amides is 1. The highest BCUT2D eigenvalue weighted by molar-refractivity contribution is 5.96. The summed E-state index contributed by atoms with van der Waals surface area (Å²) in [5.74, 6) is 0.295. The first-order chi connectivity index (χ1) is 12.5. The largest absolute Gasteiger partial charge is 0.366 e. The van der Waals surface area contributed by atoms with Crippen molar-refractivity contribution in [1.82, 2.24) is 9.72 Å². The average Bonchev–Trinajstić information content (AvgIpc) is 3.17. The van der Waals surface area contributed by atoms with Crippen LogP contribution in [-0.4, -0.2) is 15.6 Å². The minimum absolute atomic E-state index is 0.367. The smallest absolute Gasteiger partial charge is 0.250 e. The highest BCUT2D eigenvalue weighted by atomic mass is 16.5. The van der Waals surface area contributed by atoms with Crippen LogP contribution < -0.4 is 5.73 Å². The van der Waals surface area contributed by atoms with E-state index in [0.29, 0.717) is 11.5 Å². The van der Waals surface area contributed by atoms with Crippen LogP contribution in [0.4, 0.5) is 0 Å². The van der Waals surface area contributed by atoms with Gasteiger partial charge in [0.05, 0.1) is 11.3 Å². The monoisotopic (exact) mass is 351 g/mol. The number of aromatic nitrogens is 2. The number of nitrogens with zero attached hydrogens (tertiary/aromatic N) is 2. The van der Waals surface area contributed by atoms with E-state index in [9.17, 15) is 4.79 Å². The second-order valence-corrected chi connectivity index (χ2v) is 7.49. The summed E-state index contributed by atoms with van der Waals surface area (Å²) in [6.07, 6.45) is 6.45. The minimum Gasteiger partial charge on any atom is -0.366 e. The molecule has 2 heterocycles. The molecule has 0 aliphatic heterocycles. The van der Waals surface area contributed by atoms with E-state index >= 15 is 0 Å². The standard InChI is InChI=1S/C21H25N3O2/c1-13-17-10-16(8-9-20(17)26-23-13)19-11-18(21(22)25)14(2)24(19)12-15-6-4-3-5-7-15/h8-11,15H,3-7,12H2,1-2H3,(H2,22,25). The summed E-state index contributed by atoms with van der Waals surface area (Å²) in [5, 5.41) is 5.05. The Kier molecular flexibility index (Phi) is 4.31. The topological polar surface area (TPSA) is 74.1 Å². The van der Waals surface area contributed by atoms with Crippen LogP contribution in [-0.2, 0) is 6.54 Å². The number of aryl methyl sites for hydroxylation is 1. The molecule has 0 unspecified atom stereocenters. The summed E-state index contributed by atoms with van der Waals surface area (Å²) in [7, 11) is 0. The fourth-order valence-electron chi connectivity index (χ4n) is 4.22. The van der Waals surface area contributed by atoms with Gasteiger partial charge in [-0.25, -0.2) is 0 Å². The Hall–Kier alpha value is -2.56. The van der Waals surface area contributed by atoms with Crippen LogP contribution in [0.1, 0.15) is 53.8 Å². The van der Waals surface area contributed by atoms with E-state index in [1.54, 1.807) is 0 Å². The molecule has 5 nitrogen and oxygen atoms in total. The first-order valence-corrected chi connectivity index (χ1v) is 9.41. The Morgan fingerprint density at radius 2 is 2.00 bits per heavy atom. The van der Waals surface area contributed by atoms with Crippen LogP contribution in [0, 0.1) is 19.8 Å². The molecule has 136 valence electrons. The number of benzene rings is 1. The Labute approximate surface area is 153 Å². The summed E-state index contributed by atoms with van der Waals surface area (Å²) in [5.41, 5.74) is 11.0. The molecule has 3 aromatic rings. The lowest BCUT2D eigenvalue weighted by atomic mass is 9.89. The fourth-order valence-corrected chi connectivity index (χ4v) is 4.22. The Morgan fingerprint density at radius 1 is 1.23 bits per heavy atom. The summed E-state index contributed by atoms with van der Waals surface area (Å²) < 4.78 is 7.61. The van der Waals surface area contributed by atoms with E-state index in [1.807, 2.05) is 32.0 Å². The van der Waals surface area contributed by atoms with Gasteiger partial charge in [-0.05, 0) is 62.4 Å². The molecule has 2 aromatic heterocycles. The number of fused-ring (bicyclic) bond motifs is 1. The molecule has 1 amide bonds. The van der Waals surface area contributed by atoms with Gasteiger partial charge in [0.15, 0.2) is 5.58 Å². The zero-order valence-electron chi connectivity index (χ0n) is 15.4. The van der Waals surface area contributed by atoms with Gasteiger partial charge in [0.25, 0.3) is 5.91 Å². The van der Waals surface area contributed by atoms with Gasteiger partial charge in [-0.2, -0.15) is 0 Å². The van der Waals surface area contributed by atoms with Crippen LogP contribution in [0.5, 0.6) is 0 Å². The van der Waals surface area contributed by atoms with Gasteiger partial charge in [-0.15, -0.1) is 0 Å². The van der Waals surface area contributed by atoms with Crippen molar-refractivity contribution in [3.05, 3.63) is 41.2 Å². The van der Waals surface area contributed by atoms with Crippen LogP contribution in [0.15, 0.2) is 28.8 Å². The van der Waals surface area contributed by atoms with Gasteiger partial charge in [0.2, 0.25) is 0 Å². The predicted octanol–water partition coefficient (Wildman–Crippen LogP) is 4.59. The predicted molar refractivity (Wildman–Crippen MR) is 102 cm³/mol. The Morgan fingerprint density at radius 3 is 2.73 bits per heavy atom. The average molecular weight is 351 g/mol. The SMILES string of the molecule is Cc1noc2ccc(-c3cc(C(N)=O)c(C)n3CC3CCCCC3)cc12. The Bertz CT molecular complexity index is 961. The first-order valence-electron chi connectivity index (χ1n) is 9.41. The molecule has 1 aromatic carbocycles. The van der Waals surface area contributed by atoms with E-state index in [1.165, 1.54) is 32.1 Å². The van der Waals surface area contributed by atoms with E-state index in [4.69, 9.17) is 10.3 Å². The molecule has 5 heteroatoms. The maximum absolute atomic E-state index is 11.9. The number of amides is 1. The van der Waals surface area contributed by atoms with Crippen molar-refractivity contribution in [1.29, 1.82) is 0 Å². The maximum atomic E-state index is 11.9. The summed E-state index contributed by atoms with van der Waals surface area (Å²) in [4.78, 5) is 11.9. The van der Waals surface area contributed by atoms with Crippen molar-refractivity contribution in [3.8, 4) is 11.3 Å². The van der Waals surface area contributed by atoms with E-state index in [0.717, 1.165) is 40.2 Å². The molecule has 0 bridgehead atoms. The number of nitrogens with two attached hydrogens (primary N) is 1. The normalized spacial score (nSPS) is 15.6. The molecule has 0 atom stereocenters. The minimum atomic E-state index is -0.367. The van der Waals surface area contributed by atoms with Gasteiger partial charge in [-0.1, -0.05) is 24.4 Å². The first kappa shape index (κ1) is 16.9. The molecule has 1 saturated carbocycles. The molecular formula is C21H25N3O2. The molecule has 1 aliphatic carbocycles. The van der Waals surface area contributed by atoms with Crippen LogP contribution in [0.25, 0.3) is 22.2 Å². The summed E-state index contributed by atoms with van der Waals surface area (Å²) in [6, 6.07) is 8.01. The van der Waals surface area contributed by atoms with Crippen molar-refractivity contribution >= 4 is 16.9 Å². The molecule has 1 aliphatic rings. The number of carbonyl (C=O) groups excluding carboxylic acids is 1. The van der Waals surface area contributed by atoms with Gasteiger partial charge >= 0.3 is 0 Å². The molecule has 0 spiro atoms. The second kappa shape index (κ2) is 6.63. The lowest BCUT2D eigenvalue weighted by Gasteiger charge is -2.24. The zero-order chi connectivity index (χ0) is 18.3. The van der Waals surface area contributed by atoms with Gasteiger partial charge in [0.1, 0.15) is 0 Å². The molecule has 0 radical (unpaired) electrons. The Balaban J connectivity index is 1.80. The van der Waals surface area contributed by atoms with Crippen molar-refractivity contribution < 1.29 is 9.32 Å². The number of rotatable bonds is 4. The van der Waals surface area contributed by atoms with Crippen molar-refractivity contribution in [2.24, 2.45) is 11.7 Å². The number of carbonyl (C=O) groups is 1. The van der Waals surface area contributed by atoms with E-state index in [2.05, 4.69) is 15.8 Å². The molecular weight excluding hydrogens is 326 g/mol. The van der Waals surface area contributed by atoms with Crippen LogP contribution in [0.2, 0.25) is 0 Å². The highest BCUT2D eigenvalue weighted by Crippen LogP contribution is 2.33. The van der Waals surface area contributed by atoms with Crippen molar-refractivity contribution in [3.63, 3.8) is 0 Å². The van der Waals surface area contributed by atoms with Crippen molar-refractivity contribution in [2.75, 3.05) is 0 Å². The summed E-state index contributed by atoms with van der Waals surface area (Å²) in [6.45, 7) is 4.88. The van der Waals surface area contributed by atoms with Gasteiger partial charge in [0, 0.05) is 23.3 Å². The molecule has 0 saturated heterocycles. The van der Waals surface area contributed by atoms with E-state index < -0.39 is 0 Å². The zero-order valence-corrected chi connectivity index (χ0v) is 15.4. The van der Waals surface area contributed by atoms with Crippen LogP contribution >= 0.6 is 0 Å². The lowest BCUT2D eigenvalue weighted by Crippen LogP contribution is -2.17. The third-order valence-corrected chi connectivity index (χ3v) is 5.74. The second-order valence-electron chi connectivity index (χ2n) is 7.49. The van der Waals surface area contributed by atoms with Gasteiger partial charge < -0.3 is 14.8 Å². The maximum Gasteiger partial charge on any atom is 0.250 e. The highest BCUT2D eigenvalue weighted by Gasteiger charge is 2.21. The lowest BCUT2D eigenvalue weighted by molar-refractivity contribution is 0.0999. The van der Waals surface area contributed by atoms with Crippen molar-refractivity contribution in [2.45, 2.75) is 52.5 Å². The molecule has 1 fully saturated rings. The number of hydrogen-bond donors (Lipinski definition) is 1. The molecule has 4 rings (SSSR count). The summed E-state index contributed by atoms with van der Waals surface area (Å²) >= 11 is 0. The molecule has 26 heavy (non-hydrogen) atoms. The number of hydrogen-bond acceptors (Lipinski definition) is 3. The third-order valence-electron chi connectivity index (χ3n) is 5.74. The third kappa shape index (κ3) is 2.91. The van der Waals surface area contributed by atoms with Crippen LogP contribution in [0.3, 0.4) is 0 Å². The quantitative estimate of drug-likeness (QED) is 0.747. The fraction of sp³-hybridized carbons (Fsp3) is 0.429. The van der Waals surface area contributed by atoms with Gasteiger partial charge in [-0.3, -0.25) is 4.79 Å². The molecule has 2 N–H and O–H groups in total.